The van der Waals surface area contributed by atoms with Crippen LogP contribution < -0.4 is 10.1 Å². The summed E-state index contributed by atoms with van der Waals surface area (Å²) in [6.07, 6.45) is 0.138. The zero-order valence-corrected chi connectivity index (χ0v) is 16.0. The van der Waals surface area contributed by atoms with Crippen molar-refractivity contribution in [1.29, 1.82) is 0 Å². The van der Waals surface area contributed by atoms with Crippen molar-refractivity contribution in [2.45, 2.75) is 19.6 Å². The second-order valence-corrected chi connectivity index (χ2v) is 7.04. The van der Waals surface area contributed by atoms with E-state index in [1.54, 1.807) is 4.57 Å². The van der Waals surface area contributed by atoms with Gasteiger partial charge in [0.15, 0.2) is 10.6 Å². The number of aromatic nitrogens is 3. The molecule has 1 amide bonds. The molecular formula is C16H13ClF2N4O2S2. The van der Waals surface area contributed by atoms with Crippen molar-refractivity contribution >= 4 is 46.8 Å². The van der Waals surface area contributed by atoms with E-state index in [0.717, 1.165) is 4.88 Å². The molecule has 0 aliphatic rings. The van der Waals surface area contributed by atoms with Gasteiger partial charge in [0.1, 0.15) is 5.75 Å². The number of hydrogen-bond donors (Lipinski definition) is 2. The molecular weight excluding hydrogens is 418 g/mol. The quantitative estimate of drug-likeness (QED) is 0.520. The first-order valence-corrected chi connectivity index (χ1v) is 9.34. The van der Waals surface area contributed by atoms with E-state index in [-0.39, 0.29) is 23.1 Å². The maximum Gasteiger partial charge on any atom is 0.387 e. The van der Waals surface area contributed by atoms with E-state index >= 15 is 0 Å². The first-order valence-electron chi connectivity index (χ1n) is 7.67. The number of nitrogens with zero attached hydrogens (tertiary/aromatic N) is 2. The molecule has 0 fully saturated rings. The molecule has 11 heteroatoms. The van der Waals surface area contributed by atoms with Gasteiger partial charge in [-0.05, 0) is 41.9 Å². The summed E-state index contributed by atoms with van der Waals surface area (Å²) >= 11 is 12.6. The van der Waals surface area contributed by atoms with Crippen LogP contribution in [0, 0.1) is 4.77 Å². The van der Waals surface area contributed by atoms with E-state index < -0.39 is 6.61 Å². The molecule has 0 saturated heterocycles. The minimum absolute atomic E-state index is 0.0230. The number of rotatable bonds is 7. The number of carbonyl (C=O) groups excluding carboxylic acids is 1. The van der Waals surface area contributed by atoms with Crippen LogP contribution in [0.2, 0.25) is 5.02 Å². The van der Waals surface area contributed by atoms with Gasteiger partial charge in [0.25, 0.3) is 0 Å². The average molecular weight is 431 g/mol. The molecule has 2 heterocycles. The first-order chi connectivity index (χ1) is 12.9. The fourth-order valence-corrected chi connectivity index (χ4v) is 3.50. The Kier molecular flexibility index (Phi) is 6.19. The molecule has 1 aromatic carbocycles. The van der Waals surface area contributed by atoms with Crippen LogP contribution in [0.5, 0.6) is 5.75 Å². The number of alkyl halides is 2. The lowest BCUT2D eigenvalue weighted by Gasteiger charge is -2.10. The zero-order valence-electron chi connectivity index (χ0n) is 13.6. The Hall–Kier alpha value is -2.30. The lowest BCUT2D eigenvalue weighted by atomic mass is 10.3. The van der Waals surface area contributed by atoms with Crippen LogP contribution in [0.4, 0.5) is 14.5 Å². The van der Waals surface area contributed by atoms with Gasteiger partial charge in [0.2, 0.25) is 5.91 Å². The predicted molar refractivity (Wildman–Crippen MR) is 102 cm³/mol. The molecule has 6 nitrogen and oxygen atoms in total. The number of nitrogens with one attached hydrogen (secondary N) is 2. The van der Waals surface area contributed by atoms with Gasteiger partial charge in [-0.3, -0.25) is 14.5 Å². The summed E-state index contributed by atoms with van der Waals surface area (Å²) in [6, 6.07) is 7.86. The minimum Gasteiger partial charge on any atom is -0.433 e. The van der Waals surface area contributed by atoms with Gasteiger partial charge in [-0.25, -0.2) is 0 Å². The third-order valence-corrected chi connectivity index (χ3v) is 4.97. The molecule has 0 unspecified atom stereocenters. The average Bonchev–Trinajstić information content (AvgIpc) is 3.25. The molecule has 0 saturated carbocycles. The van der Waals surface area contributed by atoms with Crippen LogP contribution in [0.15, 0.2) is 35.7 Å². The number of hydrogen-bond acceptors (Lipinski definition) is 5. The normalized spacial score (nSPS) is 11.0. The van der Waals surface area contributed by atoms with Crippen LogP contribution in [-0.2, 0) is 11.3 Å². The minimum atomic E-state index is -2.97. The largest absolute Gasteiger partial charge is 0.433 e. The lowest BCUT2D eigenvalue weighted by molar-refractivity contribution is -0.116. The molecule has 142 valence electrons. The molecule has 0 atom stereocenters. The van der Waals surface area contributed by atoms with Crippen molar-refractivity contribution in [3.8, 4) is 16.5 Å². The summed E-state index contributed by atoms with van der Waals surface area (Å²) in [5.74, 6) is 0.225. The topological polar surface area (TPSA) is 71.9 Å². The molecule has 0 aliphatic heterocycles. The van der Waals surface area contributed by atoms with Crippen molar-refractivity contribution in [1.82, 2.24) is 14.8 Å². The van der Waals surface area contributed by atoms with E-state index in [9.17, 15) is 13.6 Å². The highest BCUT2D eigenvalue weighted by molar-refractivity contribution is 7.71. The maximum absolute atomic E-state index is 12.2. The fraction of sp³-hybridized carbons (Fsp3) is 0.188. The van der Waals surface area contributed by atoms with Crippen molar-refractivity contribution in [3.63, 3.8) is 0 Å². The van der Waals surface area contributed by atoms with E-state index in [4.69, 9.17) is 23.8 Å². The summed E-state index contributed by atoms with van der Waals surface area (Å²) < 4.78 is 30.9. The van der Waals surface area contributed by atoms with Crippen molar-refractivity contribution in [2.24, 2.45) is 0 Å². The highest BCUT2D eigenvalue weighted by Crippen LogP contribution is 2.29. The Bertz CT molecular complexity index is 989. The Morgan fingerprint density at radius 2 is 2.26 bits per heavy atom. The van der Waals surface area contributed by atoms with Crippen molar-refractivity contribution in [2.75, 3.05) is 5.32 Å². The number of carbonyl (C=O) groups is 1. The lowest BCUT2D eigenvalue weighted by Crippen LogP contribution is -2.15. The van der Waals surface area contributed by atoms with Gasteiger partial charge in [0.05, 0.1) is 9.90 Å². The van der Waals surface area contributed by atoms with Crippen LogP contribution in [-0.4, -0.2) is 27.3 Å². The van der Waals surface area contributed by atoms with Gasteiger partial charge >= 0.3 is 6.61 Å². The second-order valence-electron chi connectivity index (χ2n) is 5.30. The number of ether oxygens (including phenoxy) is 1. The smallest absolute Gasteiger partial charge is 0.387 e. The highest BCUT2D eigenvalue weighted by Gasteiger charge is 2.13. The number of H-pyrrole nitrogens is 1. The summed E-state index contributed by atoms with van der Waals surface area (Å²) in [6.45, 7) is -2.64. The number of anilines is 1. The van der Waals surface area contributed by atoms with Gasteiger partial charge in [0, 0.05) is 18.7 Å². The zero-order chi connectivity index (χ0) is 19.4. The van der Waals surface area contributed by atoms with E-state index in [1.807, 2.05) is 17.5 Å². The van der Waals surface area contributed by atoms with Crippen LogP contribution >= 0.6 is 35.2 Å². The molecule has 27 heavy (non-hydrogen) atoms. The van der Waals surface area contributed by atoms with Crippen LogP contribution in [0.25, 0.3) is 10.7 Å². The Labute approximate surface area is 166 Å². The number of aromatic amines is 1. The summed E-state index contributed by atoms with van der Waals surface area (Å²) in [7, 11) is 0. The van der Waals surface area contributed by atoms with Crippen molar-refractivity contribution in [3.05, 3.63) is 45.5 Å². The van der Waals surface area contributed by atoms with E-state index in [2.05, 4.69) is 20.3 Å². The molecule has 0 bridgehead atoms. The molecule has 0 radical (unpaired) electrons. The molecule has 2 N–H and O–H groups in total. The second kappa shape index (κ2) is 8.59. The first kappa shape index (κ1) is 19.5. The predicted octanol–water partition coefficient (Wildman–Crippen LogP) is 4.95. The summed E-state index contributed by atoms with van der Waals surface area (Å²) in [4.78, 5) is 13.1. The number of amides is 1. The van der Waals surface area contributed by atoms with Gasteiger partial charge < -0.3 is 10.1 Å². The summed E-state index contributed by atoms with van der Waals surface area (Å²) in [5.41, 5.74) is 0.376. The molecule has 3 aromatic rings. The summed E-state index contributed by atoms with van der Waals surface area (Å²) in [5, 5.41) is 11.5. The maximum atomic E-state index is 12.2. The SMILES string of the molecule is O=C(CCn1c(-c2cccs2)n[nH]c1=S)Nc1ccc(OC(F)F)c(Cl)c1. The number of halogens is 3. The molecule has 3 rings (SSSR count). The molecule has 0 aliphatic carbocycles. The Morgan fingerprint density at radius 3 is 2.93 bits per heavy atom. The highest BCUT2D eigenvalue weighted by atomic mass is 35.5. The van der Waals surface area contributed by atoms with E-state index in [1.165, 1.54) is 29.5 Å². The van der Waals surface area contributed by atoms with Gasteiger partial charge in [-0.1, -0.05) is 17.7 Å². The Morgan fingerprint density at radius 1 is 1.44 bits per heavy atom. The van der Waals surface area contributed by atoms with E-state index in [0.29, 0.717) is 22.8 Å². The van der Waals surface area contributed by atoms with Gasteiger partial charge in [-0.15, -0.1) is 11.3 Å². The third-order valence-electron chi connectivity index (χ3n) is 3.49. The monoisotopic (exact) mass is 430 g/mol. The van der Waals surface area contributed by atoms with Crippen LogP contribution in [0.3, 0.4) is 0 Å². The number of thiophene rings is 1. The standard InChI is InChI=1S/C16H13ClF2N4O2S2/c17-10-8-9(3-4-11(10)25-15(18)19)20-13(24)5-6-23-14(21-22-16(23)26)12-2-1-7-27-12/h1-4,7-8,15H,5-6H2,(H,20,24)(H,22,26). The fourth-order valence-electron chi connectivity index (χ4n) is 2.33. The number of benzene rings is 1. The van der Waals surface area contributed by atoms with Gasteiger partial charge in [-0.2, -0.15) is 13.9 Å². The third kappa shape index (κ3) is 4.90. The van der Waals surface area contributed by atoms with Crippen LogP contribution in [0.1, 0.15) is 6.42 Å². The Balaban J connectivity index is 1.63. The molecule has 2 aromatic heterocycles. The molecule has 0 spiro atoms. The van der Waals surface area contributed by atoms with Crippen molar-refractivity contribution < 1.29 is 18.3 Å².